The summed E-state index contributed by atoms with van der Waals surface area (Å²) in [5.74, 6) is 0.703. The van der Waals surface area contributed by atoms with Gasteiger partial charge in [-0.1, -0.05) is 6.92 Å². The van der Waals surface area contributed by atoms with Crippen molar-refractivity contribution in [3.05, 3.63) is 24.2 Å². The first kappa shape index (κ1) is 14.6. The van der Waals surface area contributed by atoms with Crippen LogP contribution in [0.1, 0.15) is 19.1 Å². The largest absolute Gasteiger partial charge is 0.469 e. The SMILES string of the molecule is COC(=O)CC(C)SCC(=O)NCc1ccco1. The van der Waals surface area contributed by atoms with Crippen LogP contribution in [0.3, 0.4) is 0 Å². The van der Waals surface area contributed by atoms with Crippen molar-refractivity contribution in [2.24, 2.45) is 0 Å². The molecule has 100 valence electrons. The molecule has 0 fully saturated rings. The molecule has 0 aromatic carbocycles. The second-order valence-electron chi connectivity index (χ2n) is 3.76. The van der Waals surface area contributed by atoms with E-state index in [0.717, 1.165) is 5.76 Å². The fraction of sp³-hybridized carbons (Fsp3) is 0.500. The maximum Gasteiger partial charge on any atom is 0.306 e. The topological polar surface area (TPSA) is 68.5 Å². The van der Waals surface area contributed by atoms with E-state index >= 15 is 0 Å². The average Bonchev–Trinajstić information content (AvgIpc) is 2.86. The lowest BCUT2D eigenvalue weighted by atomic mass is 10.3. The first-order valence-electron chi connectivity index (χ1n) is 5.59. The molecule has 1 N–H and O–H groups in total. The van der Waals surface area contributed by atoms with Gasteiger partial charge >= 0.3 is 5.97 Å². The Balaban J connectivity index is 2.14. The summed E-state index contributed by atoms with van der Waals surface area (Å²) in [6, 6.07) is 3.57. The zero-order valence-corrected chi connectivity index (χ0v) is 11.3. The van der Waals surface area contributed by atoms with Crippen molar-refractivity contribution in [3.8, 4) is 0 Å². The van der Waals surface area contributed by atoms with Gasteiger partial charge in [-0.05, 0) is 12.1 Å². The molecule has 6 heteroatoms. The van der Waals surface area contributed by atoms with Crippen LogP contribution < -0.4 is 5.32 Å². The van der Waals surface area contributed by atoms with E-state index in [-0.39, 0.29) is 17.1 Å². The van der Waals surface area contributed by atoms with Crippen molar-refractivity contribution in [1.82, 2.24) is 5.32 Å². The number of rotatable bonds is 7. The number of ether oxygens (including phenoxy) is 1. The number of carbonyl (C=O) groups is 2. The van der Waals surface area contributed by atoms with E-state index < -0.39 is 0 Å². The minimum atomic E-state index is -0.258. The van der Waals surface area contributed by atoms with Gasteiger partial charge in [0.15, 0.2) is 0 Å². The molecule has 18 heavy (non-hydrogen) atoms. The highest BCUT2D eigenvalue weighted by Crippen LogP contribution is 2.14. The summed E-state index contributed by atoms with van der Waals surface area (Å²) >= 11 is 1.42. The summed E-state index contributed by atoms with van der Waals surface area (Å²) < 4.78 is 9.65. The maximum absolute atomic E-state index is 11.5. The Morgan fingerprint density at radius 1 is 1.56 bits per heavy atom. The van der Waals surface area contributed by atoms with E-state index in [1.807, 2.05) is 6.92 Å². The number of carbonyl (C=O) groups excluding carboxylic acids is 2. The second-order valence-corrected chi connectivity index (χ2v) is 5.18. The van der Waals surface area contributed by atoms with Gasteiger partial charge in [0.05, 0.1) is 32.1 Å². The van der Waals surface area contributed by atoms with E-state index in [0.29, 0.717) is 18.7 Å². The van der Waals surface area contributed by atoms with E-state index in [2.05, 4.69) is 10.1 Å². The highest BCUT2D eigenvalue weighted by molar-refractivity contribution is 8.00. The van der Waals surface area contributed by atoms with Gasteiger partial charge in [-0.15, -0.1) is 11.8 Å². The zero-order valence-electron chi connectivity index (χ0n) is 10.5. The molecule has 0 aliphatic rings. The number of methoxy groups -OCH3 is 1. The van der Waals surface area contributed by atoms with Crippen LogP contribution >= 0.6 is 11.8 Å². The van der Waals surface area contributed by atoms with Crippen molar-refractivity contribution >= 4 is 23.6 Å². The molecule has 0 aliphatic carbocycles. The third-order valence-electron chi connectivity index (χ3n) is 2.22. The zero-order chi connectivity index (χ0) is 13.4. The fourth-order valence-electron chi connectivity index (χ4n) is 1.24. The number of thioether (sulfide) groups is 1. The molecule has 1 aromatic heterocycles. The third-order valence-corrected chi connectivity index (χ3v) is 3.39. The third kappa shape index (κ3) is 5.77. The summed E-state index contributed by atoms with van der Waals surface area (Å²) in [6.07, 6.45) is 1.88. The molecule has 0 bridgehead atoms. The molecule has 0 radical (unpaired) electrons. The van der Waals surface area contributed by atoms with Gasteiger partial charge in [0.1, 0.15) is 5.76 Å². The van der Waals surface area contributed by atoms with E-state index in [4.69, 9.17) is 4.42 Å². The van der Waals surface area contributed by atoms with Crippen LogP contribution in [0, 0.1) is 0 Å². The Hall–Kier alpha value is -1.43. The molecule has 1 atom stereocenters. The van der Waals surface area contributed by atoms with Crippen molar-refractivity contribution in [1.29, 1.82) is 0 Å². The number of hydrogen-bond acceptors (Lipinski definition) is 5. The standard InChI is InChI=1S/C12H17NO4S/c1-9(6-12(15)16-2)18-8-11(14)13-7-10-4-3-5-17-10/h3-5,9H,6-8H2,1-2H3,(H,13,14). The molecular formula is C12H17NO4S. The van der Waals surface area contributed by atoms with Crippen LogP contribution in [0.25, 0.3) is 0 Å². The molecule has 1 aromatic rings. The van der Waals surface area contributed by atoms with Gasteiger partial charge in [0.2, 0.25) is 5.91 Å². The van der Waals surface area contributed by atoms with Crippen molar-refractivity contribution in [3.63, 3.8) is 0 Å². The molecule has 0 saturated carbocycles. The number of amides is 1. The summed E-state index contributed by atoms with van der Waals surface area (Å²) in [7, 11) is 1.36. The van der Waals surface area contributed by atoms with Crippen LogP contribution in [0.2, 0.25) is 0 Å². The van der Waals surface area contributed by atoms with Crippen LogP contribution in [0.4, 0.5) is 0 Å². The Labute approximate surface area is 110 Å². The fourth-order valence-corrected chi connectivity index (χ4v) is 2.04. The van der Waals surface area contributed by atoms with Gasteiger partial charge in [-0.3, -0.25) is 9.59 Å². The highest BCUT2D eigenvalue weighted by Gasteiger charge is 2.11. The van der Waals surface area contributed by atoms with Crippen molar-refractivity contribution in [2.45, 2.75) is 25.1 Å². The molecule has 0 spiro atoms. The summed E-state index contributed by atoms with van der Waals surface area (Å²) in [5, 5.41) is 2.80. The van der Waals surface area contributed by atoms with Crippen molar-refractivity contribution < 1.29 is 18.7 Å². The molecule has 5 nitrogen and oxygen atoms in total. The van der Waals surface area contributed by atoms with Gasteiger partial charge < -0.3 is 14.5 Å². The lowest BCUT2D eigenvalue weighted by Gasteiger charge is -2.09. The minimum absolute atomic E-state index is 0.0619. The lowest BCUT2D eigenvalue weighted by Crippen LogP contribution is -2.25. The minimum Gasteiger partial charge on any atom is -0.469 e. The normalized spacial score (nSPS) is 11.9. The van der Waals surface area contributed by atoms with E-state index in [1.165, 1.54) is 18.9 Å². The Bertz CT molecular complexity index is 377. The number of nitrogens with one attached hydrogen (secondary N) is 1. The molecule has 1 rings (SSSR count). The van der Waals surface area contributed by atoms with Gasteiger partial charge in [0.25, 0.3) is 0 Å². The Morgan fingerprint density at radius 3 is 2.94 bits per heavy atom. The maximum atomic E-state index is 11.5. The summed E-state index contributed by atoms with van der Waals surface area (Å²) in [5.41, 5.74) is 0. The molecule has 0 aliphatic heterocycles. The molecule has 0 saturated heterocycles. The quantitative estimate of drug-likeness (QED) is 0.763. The van der Waals surface area contributed by atoms with Crippen molar-refractivity contribution in [2.75, 3.05) is 12.9 Å². The Morgan fingerprint density at radius 2 is 2.33 bits per heavy atom. The number of hydrogen-bond donors (Lipinski definition) is 1. The number of esters is 1. The molecule has 1 amide bonds. The van der Waals surface area contributed by atoms with Crippen LogP contribution in [0.5, 0.6) is 0 Å². The lowest BCUT2D eigenvalue weighted by molar-refractivity contribution is -0.140. The molecule has 1 unspecified atom stereocenters. The summed E-state index contributed by atoms with van der Waals surface area (Å²) in [6.45, 7) is 2.28. The highest BCUT2D eigenvalue weighted by atomic mass is 32.2. The smallest absolute Gasteiger partial charge is 0.306 e. The predicted octanol–water partition coefficient (Wildman–Crippen LogP) is 1.58. The molecular weight excluding hydrogens is 254 g/mol. The first-order chi connectivity index (χ1) is 8.61. The van der Waals surface area contributed by atoms with E-state index in [1.54, 1.807) is 18.4 Å². The predicted molar refractivity (Wildman–Crippen MR) is 69.1 cm³/mol. The number of furan rings is 1. The monoisotopic (exact) mass is 271 g/mol. The van der Waals surface area contributed by atoms with Crippen LogP contribution in [-0.4, -0.2) is 30.0 Å². The van der Waals surface area contributed by atoms with E-state index in [9.17, 15) is 9.59 Å². The molecule has 1 heterocycles. The first-order valence-corrected chi connectivity index (χ1v) is 6.64. The Kier molecular flexibility index (Phi) is 6.35. The second kappa shape index (κ2) is 7.81. The van der Waals surface area contributed by atoms with Crippen LogP contribution in [0.15, 0.2) is 22.8 Å². The average molecular weight is 271 g/mol. The van der Waals surface area contributed by atoms with Gasteiger partial charge in [-0.25, -0.2) is 0 Å². The van der Waals surface area contributed by atoms with Gasteiger partial charge in [-0.2, -0.15) is 0 Å². The summed E-state index contributed by atoms with van der Waals surface area (Å²) in [4.78, 5) is 22.5. The van der Waals surface area contributed by atoms with Gasteiger partial charge in [0, 0.05) is 5.25 Å². The van der Waals surface area contributed by atoms with Crippen LogP contribution in [-0.2, 0) is 20.9 Å².